The number of nitrogens with one attached hydrogen (secondary N) is 2. The van der Waals surface area contributed by atoms with E-state index in [1.807, 2.05) is 66.0 Å². The molecule has 0 fully saturated rings. The first-order chi connectivity index (χ1) is 14.6. The number of anilines is 1. The summed E-state index contributed by atoms with van der Waals surface area (Å²) >= 11 is 8.54. The molecule has 0 aliphatic carbocycles. The number of ether oxygens (including phenoxy) is 1. The Morgan fingerprint density at radius 3 is 2.63 bits per heavy atom. The van der Waals surface area contributed by atoms with Gasteiger partial charge in [-0.25, -0.2) is 0 Å². The zero-order chi connectivity index (χ0) is 20.9. The van der Waals surface area contributed by atoms with Crippen molar-refractivity contribution in [3.63, 3.8) is 0 Å². The molecule has 3 aromatic rings. The first-order valence-electron chi connectivity index (χ1n) is 9.13. The van der Waals surface area contributed by atoms with Crippen molar-refractivity contribution in [3.8, 4) is 0 Å². The minimum Gasteiger partial charge on any atom is -0.489 e. The Hall–Kier alpha value is -2.42. The molecule has 0 bridgehead atoms. The molecule has 0 spiro atoms. The van der Waals surface area contributed by atoms with Gasteiger partial charge < -0.3 is 10.1 Å². The highest BCUT2D eigenvalue weighted by Gasteiger charge is 2.26. The van der Waals surface area contributed by atoms with Crippen molar-refractivity contribution in [2.24, 2.45) is 5.10 Å². The van der Waals surface area contributed by atoms with Gasteiger partial charge in [-0.15, -0.1) is 11.3 Å². The van der Waals surface area contributed by atoms with E-state index < -0.39 is 0 Å². The highest BCUT2D eigenvalue weighted by molar-refractivity contribution is 9.10. The molecule has 2 heterocycles. The summed E-state index contributed by atoms with van der Waals surface area (Å²) in [6, 6.07) is 19.4. The highest BCUT2D eigenvalue weighted by Crippen LogP contribution is 2.28. The number of benzene rings is 2. The average molecular weight is 547 g/mol. The van der Waals surface area contributed by atoms with Crippen molar-refractivity contribution in [2.75, 3.05) is 18.6 Å². The van der Waals surface area contributed by atoms with E-state index in [1.54, 1.807) is 0 Å². The maximum absolute atomic E-state index is 12.3. The molecular weight excluding hydrogens is 530 g/mol. The summed E-state index contributed by atoms with van der Waals surface area (Å²) in [6.07, 6.45) is 0. The zero-order valence-electron chi connectivity index (χ0n) is 15.7. The normalized spacial score (nSPS) is 14.1. The Labute approximate surface area is 195 Å². The molecule has 2 aromatic carbocycles. The first-order valence-corrected chi connectivity index (χ1v) is 11.6. The third-order valence-electron chi connectivity index (χ3n) is 4.42. The number of nitrogens with zero attached hydrogens (tertiary/aromatic N) is 1. The number of halogens is 2. The number of thiophene rings is 1. The molecular formula is C22H17Br2N3O2S. The Morgan fingerprint density at radius 1 is 1.10 bits per heavy atom. The van der Waals surface area contributed by atoms with Crippen LogP contribution in [0.3, 0.4) is 0 Å². The number of carbonyl (C=O) groups is 1. The van der Waals surface area contributed by atoms with E-state index in [1.165, 1.54) is 11.3 Å². The molecule has 0 saturated carbocycles. The Balaban J connectivity index is 1.60. The van der Waals surface area contributed by atoms with E-state index in [0.717, 1.165) is 25.1 Å². The van der Waals surface area contributed by atoms with Crippen LogP contribution in [0.25, 0.3) is 5.57 Å². The van der Waals surface area contributed by atoms with Crippen LogP contribution in [0, 0.1) is 0 Å². The predicted molar refractivity (Wildman–Crippen MR) is 129 cm³/mol. The van der Waals surface area contributed by atoms with Crippen LogP contribution in [0.2, 0.25) is 0 Å². The molecule has 0 radical (unpaired) electrons. The number of carbonyl (C=O) groups excluding carboxylic acids is 1. The molecule has 4 rings (SSSR count). The van der Waals surface area contributed by atoms with E-state index in [0.29, 0.717) is 23.6 Å². The maximum Gasteiger partial charge on any atom is 0.256 e. The van der Waals surface area contributed by atoms with Crippen molar-refractivity contribution in [1.29, 1.82) is 0 Å². The Kier molecular flexibility index (Phi) is 6.66. The molecule has 2 N–H and O–H groups in total. The summed E-state index contributed by atoms with van der Waals surface area (Å²) in [5.74, 6) is 0.519. The summed E-state index contributed by atoms with van der Waals surface area (Å²) in [5.41, 5.74) is 6.17. The standard InChI is InChI=1S/C22H17Br2N3O2S/c23-14-7-9-15(10-8-14)26-27-18(16-4-1-2-5-17(16)24)13-29-19-12-25-22(28)21(19)20-6-3-11-30-20/h1-11,26H,12-13H2,(H,25,28). The average Bonchev–Trinajstić information content (AvgIpc) is 3.39. The lowest BCUT2D eigenvalue weighted by Crippen LogP contribution is -2.18. The molecule has 0 unspecified atom stereocenters. The quantitative estimate of drug-likeness (QED) is 0.297. The van der Waals surface area contributed by atoms with Gasteiger partial charge in [-0.1, -0.05) is 56.1 Å². The van der Waals surface area contributed by atoms with E-state index in [4.69, 9.17) is 4.74 Å². The number of hydrogen-bond donors (Lipinski definition) is 2. The number of rotatable bonds is 7. The second-order valence-electron chi connectivity index (χ2n) is 6.40. The fourth-order valence-corrected chi connectivity index (χ4v) is 4.50. The van der Waals surface area contributed by atoms with Crippen LogP contribution >= 0.6 is 43.2 Å². The van der Waals surface area contributed by atoms with Crippen molar-refractivity contribution >= 4 is 66.1 Å². The second-order valence-corrected chi connectivity index (χ2v) is 9.12. The third kappa shape index (κ3) is 4.83. The first kappa shape index (κ1) is 20.8. The van der Waals surface area contributed by atoms with E-state index >= 15 is 0 Å². The lowest BCUT2D eigenvalue weighted by Gasteiger charge is -2.13. The van der Waals surface area contributed by atoms with Crippen LogP contribution in [0.1, 0.15) is 10.4 Å². The van der Waals surface area contributed by atoms with E-state index in [2.05, 4.69) is 47.7 Å². The largest absolute Gasteiger partial charge is 0.489 e. The van der Waals surface area contributed by atoms with Crippen molar-refractivity contribution < 1.29 is 9.53 Å². The minimum absolute atomic E-state index is 0.111. The maximum atomic E-state index is 12.3. The van der Waals surface area contributed by atoms with Gasteiger partial charge in [0.2, 0.25) is 0 Å². The summed E-state index contributed by atoms with van der Waals surface area (Å²) < 4.78 is 8.01. The van der Waals surface area contributed by atoms with Gasteiger partial charge in [0.25, 0.3) is 5.91 Å². The molecule has 30 heavy (non-hydrogen) atoms. The van der Waals surface area contributed by atoms with Crippen molar-refractivity contribution in [3.05, 3.63) is 91.2 Å². The number of hydrazone groups is 1. The second kappa shape index (κ2) is 9.59. The highest BCUT2D eigenvalue weighted by atomic mass is 79.9. The van der Waals surface area contributed by atoms with Gasteiger partial charge in [0.15, 0.2) is 0 Å². The Bertz CT molecular complexity index is 1110. The van der Waals surface area contributed by atoms with Crippen molar-refractivity contribution in [1.82, 2.24) is 5.32 Å². The van der Waals surface area contributed by atoms with Gasteiger partial charge in [0, 0.05) is 19.4 Å². The fourth-order valence-electron chi connectivity index (χ4n) is 2.93. The molecule has 5 nitrogen and oxygen atoms in total. The number of hydrogen-bond acceptors (Lipinski definition) is 5. The minimum atomic E-state index is -0.111. The zero-order valence-corrected chi connectivity index (χ0v) is 19.7. The van der Waals surface area contributed by atoms with Crippen LogP contribution in [0.15, 0.2) is 85.8 Å². The monoisotopic (exact) mass is 545 g/mol. The SMILES string of the molecule is O=C1NCC(OCC(=NNc2ccc(Br)cc2)c2ccccc2Br)=C1c1cccs1. The van der Waals surface area contributed by atoms with E-state index in [9.17, 15) is 4.79 Å². The molecule has 1 aromatic heterocycles. The van der Waals surface area contributed by atoms with Gasteiger partial charge in [0.1, 0.15) is 18.1 Å². The lowest BCUT2D eigenvalue weighted by atomic mass is 10.1. The van der Waals surface area contributed by atoms with Gasteiger partial charge in [-0.05, 0) is 41.8 Å². The van der Waals surface area contributed by atoms with Crippen LogP contribution in [-0.2, 0) is 9.53 Å². The van der Waals surface area contributed by atoms with E-state index in [-0.39, 0.29) is 12.5 Å². The third-order valence-corrected chi connectivity index (χ3v) is 6.52. The lowest BCUT2D eigenvalue weighted by molar-refractivity contribution is -0.114. The predicted octanol–water partition coefficient (Wildman–Crippen LogP) is 5.65. The van der Waals surface area contributed by atoms with Gasteiger partial charge in [0.05, 0.1) is 17.8 Å². The Morgan fingerprint density at radius 2 is 1.90 bits per heavy atom. The van der Waals surface area contributed by atoms with Crippen LogP contribution < -0.4 is 10.7 Å². The van der Waals surface area contributed by atoms with Gasteiger partial charge >= 0.3 is 0 Å². The van der Waals surface area contributed by atoms with Crippen LogP contribution in [0.5, 0.6) is 0 Å². The van der Waals surface area contributed by atoms with Crippen molar-refractivity contribution in [2.45, 2.75) is 0 Å². The summed E-state index contributed by atoms with van der Waals surface area (Å²) in [6.45, 7) is 0.584. The molecule has 1 amide bonds. The smallest absolute Gasteiger partial charge is 0.256 e. The molecule has 0 saturated heterocycles. The molecule has 8 heteroatoms. The summed E-state index contributed by atoms with van der Waals surface area (Å²) in [7, 11) is 0. The van der Waals surface area contributed by atoms with Gasteiger partial charge in [-0.3, -0.25) is 10.2 Å². The molecule has 152 valence electrons. The fraction of sp³-hybridized carbons (Fsp3) is 0.0909. The topological polar surface area (TPSA) is 62.7 Å². The molecule has 0 atom stereocenters. The molecule has 1 aliphatic rings. The summed E-state index contributed by atoms with van der Waals surface area (Å²) in [4.78, 5) is 13.2. The van der Waals surface area contributed by atoms with Crippen LogP contribution in [0.4, 0.5) is 5.69 Å². The molecule has 1 aliphatic heterocycles. The summed E-state index contributed by atoms with van der Waals surface area (Å²) in [5, 5.41) is 9.39. The van der Waals surface area contributed by atoms with Crippen LogP contribution in [-0.4, -0.2) is 24.8 Å². The number of amides is 1. The van der Waals surface area contributed by atoms with Gasteiger partial charge in [-0.2, -0.15) is 5.10 Å².